The van der Waals surface area contributed by atoms with Gasteiger partial charge in [-0.3, -0.25) is 9.69 Å². The molecule has 2 aromatic carbocycles. The van der Waals surface area contributed by atoms with Gasteiger partial charge in [0.15, 0.2) is 11.5 Å². The van der Waals surface area contributed by atoms with Crippen molar-refractivity contribution < 1.29 is 19.4 Å². The van der Waals surface area contributed by atoms with Gasteiger partial charge >= 0.3 is 0 Å². The van der Waals surface area contributed by atoms with E-state index in [-0.39, 0.29) is 23.7 Å². The summed E-state index contributed by atoms with van der Waals surface area (Å²) in [5.74, 6) is 3.76. The first-order valence-electron chi connectivity index (χ1n) is 19.7. The van der Waals surface area contributed by atoms with Crippen LogP contribution in [0.4, 0.5) is 0 Å². The smallest absolute Gasteiger partial charge is 0.222 e. The van der Waals surface area contributed by atoms with Crippen LogP contribution in [0.3, 0.4) is 0 Å². The lowest BCUT2D eigenvalue weighted by molar-refractivity contribution is -0.144. The van der Waals surface area contributed by atoms with E-state index in [1.165, 1.54) is 68.1 Å². The first-order chi connectivity index (χ1) is 23.6. The van der Waals surface area contributed by atoms with Gasteiger partial charge in [0, 0.05) is 42.4 Å². The first-order valence-corrected chi connectivity index (χ1v) is 19.7. The van der Waals surface area contributed by atoms with Crippen LogP contribution in [-0.2, 0) is 23.1 Å². The topological polar surface area (TPSA) is 62.2 Å². The van der Waals surface area contributed by atoms with Crippen molar-refractivity contribution in [3.63, 3.8) is 0 Å². The maximum atomic E-state index is 14.4. The molecular weight excluding hydrogens is 596 g/mol. The minimum Gasteiger partial charge on any atom is -0.493 e. The normalized spacial score (nSPS) is 32.0. The molecule has 2 bridgehead atoms. The van der Waals surface area contributed by atoms with Gasteiger partial charge in [-0.05, 0) is 99.8 Å². The second-order valence-electron chi connectivity index (χ2n) is 16.3. The fourth-order valence-electron chi connectivity index (χ4n) is 11.0. The third-order valence-corrected chi connectivity index (χ3v) is 13.6. The van der Waals surface area contributed by atoms with E-state index in [1.54, 1.807) is 7.11 Å². The molecule has 6 aliphatic rings. The monoisotopic (exact) mass is 654 g/mol. The Morgan fingerprint density at radius 3 is 2.58 bits per heavy atom. The number of hydrogen-bond acceptors (Lipinski definition) is 5. The summed E-state index contributed by atoms with van der Waals surface area (Å²) in [6.45, 7) is 2.97. The summed E-state index contributed by atoms with van der Waals surface area (Å²) in [6, 6.07) is 15.8. The number of rotatable bonds is 14. The summed E-state index contributed by atoms with van der Waals surface area (Å²) >= 11 is 0. The fourth-order valence-corrected chi connectivity index (χ4v) is 11.0. The van der Waals surface area contributed by atoms with Gasteiger partial charge in [-0.25, -0.2) is 0 Å². The average Bonchev–Trinajstić information content (AvgIpc) is 3.70. The highest BCUT2D eigenvalue weighted by Gasteiger charge is 2.67. The Morgan fingerprint density at radius 2 is 1.79 bits per heavy atom. The van der Waals surface area contributed by atoms with Crippen LogP contribution in [0, 0.1) is 17.8 Å². The van der Waals surface area contributed by atoms with Crippen LogP contribution in [-0.4, -0.2) is 71.8 Å². The SMILES string of the molecule is COc1ccc2c3c1O[C@H]1[C@@H](N(CC4CCCCC4)C(=O)CCCCCCCc4ccccc4)CC[C@H]4[C@@H](C2)N(CC2CC2O)CC[C@@]341. The summed E-state index contributed by atoms with van der Waals surface area (Å²) in [5, 5.41) is 10.2. The van der Waals surface area contributed by atoms with Crippen molar-refractivity contribution in [2.24, 2.45) is 17.8 Å². The first kappa shape index (κ1) is 32.6. The summed E-state index contributed by atoms with van der Waals surface area (Å²) in [4.78, 5) is 19.5. The van der Waals surface area contributed by atoms with Crippen LogP contribution in [0.25, 0.3) is 0 Å². The summed E-state index contributed by atoms with van der Waals surface area (Å²) < 4.78 is 13.2. The Hall–Kier alpha value is -2.57. The highest BCUT2D eigenvalue weighted by Crippen LogP contribution is 2.64. The molecular formula is C42H58N2O4. The third kappa shape index (κ3) is 6.08. The number of carbonyl (C=O) groups is 1. The van der Waals surface area contributed by atoms with Crippen molar-refractivity contribution in [3.8, 4) is 11.5 Å². The van der Waals surface area contributed by atoms with Crippen molar-refractivity contribution in [1.82, 2.24) is 9.80 Å². The van der Waals surface area contributed by atoms with E-state index < -0.39 is 0 Å². The second kappa shape index (κ2) is 14.0. The van der Waals surface area contributed by atoms with Crippen molar-refractivity contribution in [2.45, 2.75) is 139 Å². The number of piperidine rings is 1. The minimum atomic E-state index is -0.112. The standard InChI is InChI=1S/C42H58N2O4/c1-47-37-22-19-31-25-35-33-20-21-34(41-42(33,39(31)40(37)48-41)23-24-43(35)28-32-26-36(32)45)44(27-30-16-10-6-11-17-30)38(46)18-12-4-2-3-7-13-29-14-8-5-9-15-29/h5,8-9,14-15,19,22,30,32-36,41,45H,2-4,6-7,10-13,16-18,20-21,23-28H2,1H3/t32?,33-,34-,35+,36?,41-,42-/m0/s1. The van der Waals surface area contributed by atoms with Crippen LogP contribution in [0.15, 0.2) is 42.5 Å². The minimum absolute atomic E-state index is 0.0108. The van der Waals surface area contributed by atoms with Gasteiger partial charge in [-0.15, -0.1) is 0 Å². The molecule has 1 saturated heterocycles. The highest BCUT2D eigenvalue weighted by molar-refractivity contribution is 5.77. The fraction of sp³-hybridized carbons (Fsp3) is 0.690. The van der Waals surface area contributed by atoms with Crippen LogP contribution in [0.2, 0.25) is 0 Å². The number of ether oxygens (including phenoxy) is 2. The number of amides is 1. The van der Waals surface area contributed by atoms with Crippen LogP contribution in [0.5, 0.6) is 11.5 Å². The zero-order valence-corrected chi connectivity index (χ0v) is 29.3. The molecule has 2 aromatic rings. The summed E-state index contributed by atoms with van der Waals surface area (Å²) in [7, 11) is 1.77. The molecule has 6 heteroatoms. The number of unbranched alkanes of at least 4 members (excludes halogenated alkanes) is 4. The molecule has 7 atom stereocenters. The number of hydrogen-bond donors (Lipinski definition) is 1. The van der Waals surface area contributed by atoms with Gasteiger partial charge in [0.25, 0.3) is 0 Å². The molecule has 1 N–H and O–H groups in total. The number of aliphatic hydroxyl groups is 1. The molecule has 1 amide bonds. The van der Waals surface area contributed by atoms with Crippen LogP contribution >= 0.6 is 0 Å². The number of methoxy groups -OCH3 is 1. The zero-order valence-electron chi connectivity index (χ0n) is 29.3. The molecule has 2 aliphatic heterocycles. The van der Waals surface area contributed by atoms with E-state index in [0.29, 0.717) is 36.1 Å². The molecule has 2 heterocycles. The molecule has 0 aromatic heterocycles. The number of aryl methyl sites for hydroxylation is 1. The predicted molar refractivity (Wildman–Crippen MR) is 190 cm³/mol. The summed E-state index contributed by atoms with van der Waals surface area (Å²) in [6.07, 6.45) is 19.1. The molecule has 1 spiro atoms. The Kier molecular flexibility index (Phi) is 9.50. The lowest BCUT2D eigenvalue weighted by Crippen LogP contribution is -2.69. The number of aliphatic hydroxyl groups excluding tert-OH is 1. The number of benzene rings is 2. The molecule has 0 radical (unpaired) electrons. The zero-order chi connectivity index (χ0) is 32.7. The van der Waals surface area contributed by atoms with Gasteiger partial charge in [0.2, 0.25) is 5.91 Å². The number of nitrogens with zero attached hydrogens (tertiary/aromatic N) is 2. The van der Waals surface area contributed by atoms with Crippen molar-refractivity contribution in [3.05, 3.63) is 59.2 Å². The van der Waals surface area contributed by atoms with E-state index in [2.05, 4.69) is 52.3 Å². The highest BCUT2D eigenvalue weighted by atomic mass is 16.5. The van der Waals surface area contributed by atoms with Gasteiger partial charge in [-0.2, -0.15) is 0 Å². The molecule has 4 fully saturated rings. The van der Waals surface area contributed by atoms with Gasteiger partial charge < -0.3 is 19.5 Å². The Bertz CT molecular complexity index is 1420. The van der Waals surface area contributed by atoms with E-state index in [1.807, 2.05) is 0 Å². The lowest BCUT2D eigenvalue weighted by Gasteiger charge is -2.60. The van der Waals surface area contributed by atoms with Crippen molar-refractivity contribution in [1.29, 1.82) is 0 Å². The Labute approximate surface area is 288 Å². The van der Waals surface area contributed by atoms with Gasteiger partial charge in [0.1, 0.15) is 6.10 Å². The van der Waals surface area contributed by atoms with Gasteiger partial charge in [-0.1, -0.05) is 74.9 Å². The number of likely N-dealkylation sites (tertiary alicyclic amines) is 1. The number of carbonyl (C=O) groups excluding carboxylic acids is 1. The maximum absolute atomic E-state index is 14.4. The predicted octanol–water partition coefficient (Wildman–Crippen LogP) is 7.48. The Morgan fingerprint density at radius 1 is 1.00 bits per heavy atom. The average molecular weight is 655 g/mol. The van der Waals surface area contributed by atoms with Crippen LogP contribution in [0.1, 0.15) is 113 Å². The molecule has 48 heavy (non-hydrogen) atoms. The van der Waals surface area contributed by atoms with Crippen molar-refractivity contribution >= 4 is 5.91 Å². The second-order valence-corrected chi connectivity index (χ2v) is 16.3. The van der Waals surface area contributed by atoms with E-state index in [9.17, 15) is 9.90 Å². The molecule has 8 rings (SSSR count). The summed E-state index contributed by atoms with van der Waals surface area (Å²) in [5.41, 5.74) is 4.21. The maximum Gasteiger partial charge on any atom is 0.222 e. The van der Waals surface area contributed by atoms with Crippen molar-refractivity contribution in [2.75, 3.05) is 26.7 Å². The molecule has 260 valence electrons. The third-order valence-electron chi connectivity index (χ3n) is 13.6. The molecule has 3 saturated carbocycles. The quantitative estimate of drug-likeness (QED) is 0.214. The van der Waals surface area contributed by atoms with Crippen LogP contribution < -0.4 is 9.47 Å². The Balaban J connectivity index is 1.00. The van der Waals surface area contributed by atoms with Gasteiger partial charge in [0.05, 0.1) is 19.3 Å². The van der Waals surface area contributed by atoms with E-state index in [4.69, 9.17) is 9.47 Å². The lowest BCUT2D eigenvalue weighted by atomic mass is 9.51. The van der Waals surface area contributed by atoms with E-state index in [0.717, 1.165) is 82.5 Å². The molecule has 4 aliphatic carbocycles. The molecule has 6 nitrogen and oxygen atoms in total. The van der Waals surface area contributed by atoms with E-state index >= 15 is 0 Å². The molecule has 2 unspecified atom stereocenters. The largest absolute Gasteiger partial charge is 0.493 e.